The third kappa shape index (κ3) is 3.73. The number of benzene rings is 1. The minimum Gasteiger partial charge on any atom is -0.491 e. The quantitative estimate of drug-likeness (QED) is 0.807. The smallest absolute Gasteiger partial charge is 0.167 e. The lowest BCUT2D eigenvalue weighted by atomic mass is 10.1. The molecule has 1 saturated heterocycles. The second kappa shape index (κ2) is 6.61. The first-order valence-corrected chi connectivity index (χ1v) is 6.63. The van der Waals surface area contributed by atoms with Crippen LogP contribution in [0.4, 0.5) is 10.1 Å². The van der Waals surface area contributed by atoms with E-state index in [2.05, 4.69) is 0 Å². The summed E-state index contributed by atoms with van der Waals surface area (Å²) in [5, 5.41) is 0. The standard InChI is InChI=1S/C14H20FNO3/c1-2-4-18-13-7-14(12(16)6-11(13)15)19-9-10-3-5-17-8-10/h6-7,10H,2-5,8-9,16H2,1H3. The van der Waals surface area contributed by atoms with E-state index in [-0.39, 0.29) is 5.75 Å². The predicted molar refractivity (Wildman–Crippen MR) is 71.0 cm³/mol. The average molecular weight is 269 g/mol. The molecule has 0 radical (unpaired) electrons. The van der Waals surface area contributed by atoms with Crippen molar-refractivity contribution < 1.29 is 18.6 Å². The van der Waals surface area contributed by atoms with Crippen LogP contribution in [0.15, 0.2) is 12.1 Å². The zero-order valence-electron chi connectivity index (χ0n) is 11.2. The van der Waals surface area contributed by atoms with Crippen LogP contribution in [0.2, 0.25) is 0 Å². The summed E-state index contributed by atoms with van der Waals surface area (Å²) in [5.41, 5.74) is 6.04. The van der Waals surface area contributed by atoms with Crippen LogP contribution < -0.4 is 15.2 Å². The Kier molecular flexibility index (Phi) is 4.85. The zero-order valence-corrected chi connectivity index (χ0v) is 11.2. The fourth-order valence-electron chi connectivity index (χ4n) is 1.92. The van der Waals surface area contributed by atoms with Gasteiger partial charge in [-0.25, -0.2) is 4.39 Å². The fourth-order valence-corrected chi connectivity index (χ4v) is 1.92. The van der Waals surface area contributed by atoms with Gasteiger partial charge in [-0.05, 0) is 12.8 Å². The van der Waals surface area contributed by atoms with Gasteiger partial charge in [0.15, 0.2) is 11.6 Å². The van der Waals surface area contributed by atoms with Crippen molar-refractivity contribution in [3.8, 4) is 11.5 Å². The fraction of sp³-hybridized carbons (Fsp3) is 0.571. The summed E-state index contributed by atoms with van der Waals surface area (Å²) in [4.78, 5) is 0. The van der Waals surface area contributed by atoms with Crippen molar-refractivity contribution in [2.75, 3.05) is 32.2 Å². The molecule has 0 bridgehead atoms. The maximum absolute atomic E-state index is 13.6. The monoisotopic (exact) mass is 269 g/mol. The van der Waals surface area contributed by atoms with Gasteiger partial charge in [0.05, 0.1) is 25.5 Å². The SMILES string of the molecule is CCCOc1cc(OCC2CCOC2)c(N)cc1F. The highest BCUT2D eigenvalue weighted by atomic mass is 19.1. The first-order chi connectivity index (χ1) is 9.20. The van der Waals surface area contributed by atoms with Crippen LogP contribution in [0.1, 0.15) is 19.8 Å². The normalized spacial score (nSPS) is 18.5. The Labute approximate surface area is 112 Å². The summed E-state index contributed by atoms with van der Waals surface area (Å²) >= 11 is 0. The molecule has 106 valence electrons. The zero-order chi connectivity index (χ0) is 13.7. The van der Waals surface area contributed by atoms with E-state index in [9.17, 15) is 4.39 Å². The molecule has 1 aromatic carbocycles. The van der Waals surface area contributed by atoms with Crippen LogP contribution in [0.3, 0.4) is 0 Å². The molecule has 1 heterocycles. The molecule has 4 nitrogen and oxygen atoms in total. The summed E-state index contributed by atoms with van der Waals surface area (Å²) in [5.74, 6) is 0.583. The topological polar surface area (TPSA) is 53.7 Å². The second-order valence-corrected chi connectivity index (χ2v) is 4.71. The van der Waals surface area contributed by atoms with Crippen molar-refractivity contribution in [2.24, 2.45) is 5.92 Å². The number of nitrogen functional groups attached to an aromatic ring is 1. The van der Waals surface area contributed by atoms with Crippen molar-refractivity contribution in [2.45, 2.75) is 19.8 Å². The lowest BCUT2D eigenvalue weighted by Crippen LogP contribution is -2.12. The van der Waals surface area contributed by atoms with Crippen LogP contribution in [-0.2, 0) is 4.74 Å². The minimum absolute atomic E-state index is 0.189. The van der Waals surface area contributed by atoms with Crippen LogP contribution in [0, 0.1) is 11.7 Å². The maximum Gasteiger partial charge on any atom is 0.167 e. The number of anilines is 1. The summed E-state index contributed by atoms with van der Waals surface area (Å²) in [6.45, 7) is 4.45. The lowest BCUT2D eigenvalue weighted by molar-refractivity contribution is 0.167. The molecular weight excluding hydrogens is 249 g/mol. The van der Waals surface area contributed by atoms with E-state index in [1.807, 2.05) is 6.92 Å². The van der Waals surface area contributed by atoms with Crippen molar-refractivity contribution >= 4 is 5.69 Å². The number of nitrogens with two attached hydrogens (primary N) is 1. The molecule has 0 saturated carbocycles. The molecule has 1 aliphatic rings. The van der Waals surface area contributed by atoms with Crippen LogP contribution in [-0.4, -0.2) is 26.4 Å². The summed E-state index contributed by atoms with van der Waals surface area (Å²) in [7, 11) is 0. The molecule has 0 amide bonds. The largest absolute Gasteiger partial charge is 0.491 e. The van der Waals surface area contributed by atoms with Gasteiger partial charge in [0.1, 0.15) is 5.75 Å². The van der Waals surface area contributed by atoms with E-state index in [4.69, 9.17) is 19.9 Å². The van der Waals surface area contributed by atoms with E-state index in [1.165, 1.54) is 12.1 Å². The molecule has 0 aromatic heterocycles. The molecule has 19 heavy (non-hydrogen) atoms. The van der Waals surface area contributed by atoms with Gasteiger partial charge >= 0.3 is 0 Å². The molecule has 2 rings (SSSR count). The van der Waals surface area contributed by atoms with Crippen molar-refractivity contribution in [3.05, 3.63) is 17.9 Å². The highest BCUT2D eigenvalue weighted by molar-refractivity contribution is 5.56. The van der Waals surface area contributed by atoms with Crippen molar-refractivity contribution in [1.29, 1.82) is 0 Å². The number of rotatable bonds is 6. The van der Waals surface area contributed by atoms with Crippen molar-refractivity contribution in [1.82, 2.24) is 0 Å². The second-order valence-electron chi connectivity index (χ2n) is 4.71. The van der Waals surface area contributed by atoms with Gasteiger partial charge in [-0.15, -0.1) is 0 Å². The van der Waals surface area contributed by atoms with Crippen molar-refractivity contribution in [3.63, 3.8) is 0 Å². The van der Waals surface area contributed by atoms with Gasteiger partial charge in [0.2, 0.25) is 0 Å². The van der Waals surface area contributed by atoms with Crippen LogP contribution in [0.5, 0.6) is 11.5 Å². The van der Waals surface area contributed by atoms with Gasteiger partial charge in [0.25, 0.3) is 0 Å². The Morgan fingerprint density at radius 2 is 2.21 bits per heavy atom. The first-order valence-electron chi connectivity index (χ1n) is 6.63. The summed E-state index contributed by atoms with van der Waals surface area (Å²) in [6.07, 6.45) is 1.81. The van der Waals surface area contributed by atoms with Crippen LogP contribution in [0.25, 0.3) is 0 Å². The van der Waals surface area contributed by atoms with E-state index in [0.717, 1.165) is 19.4 Å². The van der Waals surface area contributed by atoms with E-state index in [0.29, 0.717) is 37.2 Å². The average Bonchev–Trinajstić information content (AvgIpc) is 2.90. The molecule has 1 aromatic rings. The van der Waals surface area contributed by atoms with E-state index >= 15 is 0 Å². The molecule has 1 atom stereocenters. The maximum atomic E-state index is 13.6. The van der Waals surface area contributed by atoms with E-state index in [1.54, 1.807) is 0 Å². The molecule has 1 unspecified atom stereocenters. The highest BCUT2D eigenvalue weighted by Gasteiger charge is 2.17. The Balaban J connectivity index is 2.01. The Bertz CT molecular complexity index is 419. The Hall–Kier alpha value is -1.49. The number of halogens is 1. The Morgan fingerprint density at radius 1 is 1.37 bits per heavy atom. The predicted octanol–water partition coefficient (Wildman–Crippen LogP) is 2.61. The molecule has 5 heteroatoms. The minimum atomic E-state index is -0.456. The molecule has 1 fully saturated rings. The van der Waals surface area contributed by atoms with Crippen LogP contribution >= 0.6 is 0 Å². The summed E-state index contributed by atoms with van der Waals surface area (Å²) in [6, 6.07) is 2.77. The molecule has 0 spiro atoms. The molecule has 1 aliphatic heterocycles. The number of hydrogen-bond donors (Lipinski definition) is 1. The van der Waals surface area contributed by atoms with Gasteiger partial charge < -0.3 is 19.9 Å². The third-order valence-electron chi connectivity index (χ3n) is 3.02. The molecule has 0 aliphatic carbocycles. The van der Waals surface area contributed by atoms with Gasteiger partial charge in [0, 0.05) is 24.7 Å². The number of ether oxygens (including phenoxy) is 3. The van der Waals surface area contributed by atoms with Gasteiger partial charge in [-0.2, -0.15) is 0 Å². The number of hydrogen-bond acceptors (Lipinski definition) is 4. The van der Waals surface area contributed by atoms with E-state index < -0.39 is 5.82 Å². The highest BCUT2D eigenvalue weighted by Crippen LogP contribution is 2.31. The Morgan fingerprint density at radius 3 is 2.89 bits per heavy atom. The van der Waals surface area contributed by atoms with Gasteiger partial charge in [-0.3, -0.25) is 0 Å². The molecular formula is C14H20FNO3. The van der Waals surface area contributed by atoms with Gasteiger partial charge in [-0.1, -0.05) is 6.92 Å². The third-order valence-corrected chi connectivity index (χ3v) is 3.02. The molecule has 2 N–H and O–H groups in total. The summed E-state index contributed by atoms with van der Waals surface area (Å²) < 4.78 is 29.9. The lowest BCUT2D eigenvalue weighted by Gasteiger charge is -2.14. The first kappa shape index (κ1) is 13.9.